The van der Waals surface area contributed by atoms with Crippen molar-refractivity contribution >= 4 is 22.0 Å². The fourth-order valence-electron chi connectivity index (χ4n) is 2.17. The highest BCUT2D eigenvalue weighted by Gasteiger charge is 2.10. The fourth-order valence-corrected chi connectivity index (χ4v) is 2.89. The van der Waals surface area contributed by atoms with Crippen LogP contribution in [0.5, 0.6) is 0 Å². The van der Waals surface area contributed by atoms with Crippen LogP contribution in [0.25, 0.3) is 4.96 Å². The Morgan fingerprint density at radius 1 is 1.30 bits per heavy atom. The molecular formula is C15H14N4S. The molecule has 5 heteroatoms. The molecule has 0 unspecified atom stereocenters. The molecule has 0 saturated heterocycles. The Bertz CT molecular complexity index is 695. The molecule has 0 spiro atoms. The molecule has 100 valence electrons. The quantitative estimate of drug-likeness (QED) is 0.721. The minimum absolute atomic E-state index is 0.511. The van der Waals surface area contributed by atoms with Crippen LogP contribution in [-0.4, -0.2) is 15.9 Å². The van der Waals surface area contributed by atoms with Crippen molar-refractivity contribution in [1.82, 2.24) is 9.38 Å². The van der Waals surface area contributed by atoms with E-state index >= 15 is 0 Å². The van der Waals surface area contributed by atoms with Gasteiger partial charge in [-0.3, -0.25) is 4.40 Å². The van der Waals surface area contributed by atoms with Gasteiger partial charge in [0.25, 0.3) is 0 Å². The lowest BCUT2D eigenvalue weighted by atomic mass is 10.2. The van der Waals surface area contributed by atoms with Crippen molar-refractivity contribution in [2.45, 2.75) is 13.0 Å². The van der Waals surface area contributed by atoms with E-state index in [-0.39, 0.29) is 0 Å². The first-order valence-corrected chi connectivity index (χ1v) is 7.33. The zero-order valence-corrected chi connectivity index (χ0v) is 11.8. The third kappa shape index (κ3) is 2.65. The van der Waals surface area contributed by atoms with E-state index in [9.17, 15) is 0 Å². The third-order valence-corrected chi connectivity index (χ3v) is 3.88. The Balaban J connectivity index is 1.82. The van der Waals surface area contributed by atoms with Crippen molar-refractivity contribution in [2.75, 3.05) is 11.4 Å². The van der Waals surface area contributed by atoms with E-state index in [0.717, 1.165) is 22.9 Å². The molecule has 2 heterocycles. The normalized spacial score (nSPS) is 10.6. The molecule has 0 fully saturated rings. The van der Waals surface area contributed by atoms with Gasteiger partial charge in [0.05, 0.1) is 24.7 Å². The number of rotatable bonds is 5. The first kappa shape index (κ1) is 12.7. The van der Waals surface area contributed by atoms with Gasteiger partial charge in [-0.2, -0.15) is 5.26 Å². The Morgan fingerprint density at radius 2 is 2.15 bits per heavy atom. The van der Waals surface area contributed by atoms with E-state index in [1.54, 1.807) is 11.3 Å². The maximum absolute atomic E-state index is 8.81. The summed E-state index contributed by atoms with van der Waals surface area (Å²) in [6.07, 6.45) is 4.57. The smallest absolute Gasteiger partial charge is 0.193 e. The van der Waals surface area contributed by atoms with Crippen molar-refractivity contribution < 1.29 is 0 Å². The van der Waals surface area contributed by atoms with Crippen LogP contribution >= 0.6 is 11.3 Å². The van der Waals surface area contributed by atoms with Crippen molar-refractivity contribution in [3.63, 3.8) is 0 Å². The van der Waals surface area contributed by atoms with Crippen LogP contribution in [-0.2, 0) is 6.54 Å². The molecule has 2 aromatic heterocycles. The lowest BCUT2D eigenvalue weighted by Gasteiger charge is -2.22. The highest BCUT2D eigenvalue weighted by molar-refractivity contribution is 7.15. The van der Waals surface area contributed by atoms with Crippen molar-refractivity contribution in [2.24, 2.45) is 0 Å². The predicted octanol–water partition coefficient (Wildman–Crippen LogP) is 3.32. The number of nitriles is 1. The Labute approximate surface area is 121 Å². The monoisotopic (exact) mass is 282 g/mol. The summed E-state index contributed by atoms with van der Waals surface area (Å²) in [5, 5.41) is 10.8. The number of nitrogens with zero attached hydrogens (tertiary/aromatic N) is 4. The van der Waals surface area contributed by atoms with Gasteiger partial charge in [0.15, 0.2) is 4.96 Å². The number of anilines is 1. The number of thiazole rings is 1. The Hall–Kier alpha value is -2.32. The minimum atomic E-state index is 0.511. The Morgan fingerprint density at radius 3 is 2.90 bits per heavy atom. The number of benzene rings is 1. The molecule has 0 radical (unpaired) electrons. The van der Waals surface area contributed by atoms with Crippen molar-refractivity contribution in [1.29, 1.82) is 5.26 Å². The van der Waals surface area contributed by atoms with E-state index < -0.39 is 0 Å². The maximum atomic E-state index is 8.81. The zero-order valence-electron chi connectivity index (χ0n) is 10.9. The second-order valence-corrected chi connectivity index (χ2v) is 5.36. The summed E-state index contributed by atoms with van der Waals surface area (Å²) < 4.78 is 2.04. The van der Waals surface area contributed by atoms with Crippen LogP contribution < -0.4 is 4.90 Å². The van der Waals surface area contributed by atoms with Gasteiger partial charge in [0, 0.05) is 30.0 Å². The summed E-state index contributed by atoms with van der Waals surface area (Å²) in [5.41, 5.74) is 2.15. The van der Waals surface area contributed by atoms with Crippen LogP contribution in [0.1, 0.15) is 12.1 Å². The topological polar surface area (TPSA) is 44.3 Å². The number of fused-ring (bicyclic) bond motifs is 1. The summed E-state index contributed by atoms with van der Waals surface area (Å²) in [5.74, 6) is 0. The van der Waals surface area contributed by atoms with E-state index in [1.807, 2.05) is 40.4 Å². The predicted molar refractivity (Wildman–Crippen MR) is 80.8 cm³/mol. The zero-order chi connectivity index (χ0) is 13.8. The second kappa shape index (κ2) is 5.76. The highest BCUT2D eigenvalue weighted by atomic mass is 32.1. The summed E-state index contributed by atoms with van der Waals surface area (Å²) in [6.45, 7) is 1.44. The van der Waals surface area contributed by atoms with Gasteiger partial charge in [-0.25, -0.2) is 4.98 Å². The molecule has 0 amide bonds. The summed E-state index contributed by atoms with van der Waals surface area (Å²) >= 11 is 1.63. The van der Waals surface area contributed by atoms with Crippen LogP contribution in [0.4, 0.5) is 5.69 Å². The number of hydrogen-bond donors (Lipinski definition) is 0. The van der Waals surface area contributed by atoms with Crippen LogP contribution in [0.2, 0.25) is 0 Å². The standard InChI is InChI=1S/C15H14N4S/c16-7-4-8-18(14-5-2-1-3-6-14)11-13-12-19-9-10-20-15(19)17-13/h1-3,5-6,9-10,12H,4,8,11H2. The van der Waals surface area contributed by atoms with E-state index in [0.29, 0.717) is 13.0 Å². The average Bonchev–Trinajstić information content (AvgIpc) is 3.05. The van der Waals surface area contributed by atoms with Gasteiger partial charge in [0.2, 0.25) is 0 Å². The highest BCUT2D eigenvalue weighted by Crippen LogP contribution is 2.18. The molecule has 0 aliphatic carbocycles. The maximum Gasteiger partial charge on any atom is 0.193 e. The fraction of sp³-hybridized carbons (Fsp3) is 0.200. The van der Waals surface area contributed by atoms with Crippen LogP contribution in [0.15, 0.2) is 48.1 Å². The molecule has 4 nitrogen and oxygen atoms in total. The summed E-state index contributed by atoms with van der Waals surface area (Å²) in [4.78, 5) is 7.80. The van der Waals surface area contributed by atoms with Gasteiger partial charge < -0.3 is 4.90 Å². The largest absolute Gasteiger partial charge is 0.365 e. The molecule has 1 aromatic carbocycles. The molecular weight excluding hydrogens is 268 g/mol. The molecule has 0 aliphatic heterocycles. The SMILES string of the molecule is N#CCCN(Cc1cn2ccsc2n1)c1ccccc1. The Kier molecular flexibility index (Phi) is 3.66. The van der Waals surface area contributed by atoms with Gasteiger partial charge in [-0.1, -0.05) is 18.2 Å². The lowest BCUT2D eigenvalue weighted by molar-refractivity contribution is 0.785. The van der Waals surface area contributed by atoms with E-state index in [1.165, 1.54) is 0 Å². The molecule has 0 saturated carbocycles. The van der Waals surface area contributed by atoms with Crippen LogP contribution in [0.3, 0.4) is 0 Å². The van der Waals surface area contributed by atoms with Crippen molar-refractivity contribution in [3.05, 3.63) is 53.8 Å². The number of imidazole rings is 1. The van der Waals surface area contributed by atoms with Crippen molar-refractivity contribution in [3.8, 4) is 6.07 Å². The molecule has 3 rings (SSSR count). The third-order valence-electron chi connectivity index (χ3n) is 3.11. The van der Waals surface area contributed by atoms with Gasteiger partial charge in [0.1, 0.15) is 0 Å². The number of para-hydroxylation sites is 1. The number of aromatic nitrogens is 2. The lowest BCUT2D eigenvalue weighted by Crippen LogP contribution is -2.23. The molecule has 0 aliphatic rings. The molecule has 0 atom stereocenters. The first-order chi connectivity index (χ1) is 9.86. The minimum Gasteiger partial charge on any atom is -0.365 e. The van der Waals surface area contributed by atoms with Gasteiger partial charge >= 0.3 is 0 Å². The van der Waals surface area contributed by atoms with Gasteiger partial charge in [-0.15, -0.1) is 11.3 Å². The molecule has 20 heavy (non-hydrogen) atoms. The second-order valence-electron chi connectivity index (χ2n) is 4.49. The van der Waals surface area contributed by atoms with Gasteiger partial charge in [-0.05, 0) is 12.1 Å². The van der Waals surface area contributed by atoms with Crippen LogP contribution in [0, 0.1) is 11.3 Å². The van der Waals surface area contributed by atoms with E-state index in [2.05, 4.69) is 28.1 Å². The molecule has 0 N–H and O–H groups in total. The average molecular weight is 282 g/mol. The summed E-state index contributed by atoms with van der Waals surface area (Å²) in [6, 6.07) is 12.4. The molecule has 3 aromatic rings. The molecule has 0 bridgehead atoms. The number of hydrogen-bond acceptors (Lipinski definition) is 4. The van der Waals surface area contributed by atoms with E-state index in [4.69, 9.17) is 5.26 Å². The summed E-state index contributed by atoms with van der Waals surface area (Å²) in [7, 11) is 0. The first-order valence-electron chi connectivity index (χ1n) is 6.45.